The molecule has 0 aliphatic carbocycles. The van der Waals surface area contributed by atoms with Crippen molar-refractivity contribution in [2.75, 3.05) is 0 Å². The van der Waals surface area contributed by atoms with Crippen LogP contribution < -0.4 is 0 Å². The van der Waals surface area contributed by atoms with Crippen LogP contribution in [0.5, 0.6) is 0 Å². The highest BCUT2D eigenvalue weighted by atomic mass is 15.2. The average molecular weight is 293 g/mol. The Labute approximate surface area is 129 Å². The molecule has 0 unspecified atom stereocenters. The predicted molar refractivity (Wildman–Crippen MR) is 86.4 cm³/mol. The zero-order valence-corrected chi connectivity index (χ0v) is 13.1. The molecule has 0 atom stereocenters. The minimum atomic E-state index is 0.541. The third-order valence-corrected chi connectivity index (χ3v) is 3.51. The van der Waals surface area contributed by atoms with Gasteiger partial charge in [0, 0.05) is 41.8 Å². The van der Waals surface area contributed by atoms with Crippen molar-refractivity contribution in [2.45, 2.75) is 27.2 Å². The molecule has 3 aromatic rings. The van der Waals surface area contributed by atoms with E-state index in [1.54, 1.807) is 10.7 Å². The summed E-state index contributed by atoms with van der Waals surface area (Å²) >= 11 is 0. The molecule has 0 saturated carbocycles. The maximum absolute atomic E-state index is 4.59. The van der Waals surface area contributed by atoms with Crippen LogP contribution in [0, 0.1) is 12.8 Å². The van der Waals surface area contributed by atoms with Crippen molar-refractivity contribution in [3.63, 3.8) is 0 Å². The number of nitrogens with zero attached hydrogens (tertiary/aromatic N) is 5. The second kappa shape index (κ2) is 5.67. The van der Waals surface area contributed by atoms with E-state index in [2.05, 4.69) is 40.5 Å². The van der Waals surface area contributed by atoms with E-state index in [1.807, 2.05) is 31.5 Å². The lowest BCUT2D eigenvalue weighted by atomic mass is 10.0. The summed E-state index contributed by atoms with van der Waals surface area (Å²) < 4.78 is 1.74. The summed E-state index contributed by atoms with van der Waals surface area (Å²) in [5.41, 5.74) is 4.30. The number of hydrogen-bond acceptors (Lipinski definition) is 4. The van der Waals surface area contributed by atoms with Crippen molar-refractivity contribution in [1.29, 1.82) is 0 Å². The molecule has 5 nitrogen and oxygen atoms in total. The number of rotatable bonds is 4. The van der Waals surface area contributed by atoms with Gasteiger partial charge in [0.1, 0.15) is 5.82 Å². The maximum Gasteiger partial charge on any atom is 0.153 e. The normalized spacial score (nSPS) is 11.3. The van der Waals surface area contributed by atoms with Gasteiger partial charge in [-0.3, -0.25) is 0 Å². The lowest BCUT2D eigenvalue weighted by Crippen LogP contribution is -2.05. The zero-order chi connectivity index (χ0) is 15.7. The Bertz CT molecular complexity index is 832. The molecule has 3 aromatic heterocycles. The highest BCUT2D eigenvalue weighted by Crippen LogP contribution is 2.22. The number of aromatic nitrogens is 5. The fourth-order valence-electron chi connectivity index (χ4n) is 2.39. The molecular formula is C17H19N5. The Morgan fingerprint density at radius 1 is 1.27 bits per heavy atom. The van der Waals surface area contributed by atoms with Gasteiger partial charge in [0.2, 0.25) is 0 Å². The summed E-state index contributed by atoms with van der Waals surface area (Å²) in [4.78, 5) is 13.2. The molecule has 5 heteroatoms. The molecule has 0 aromatic carbocycles. The van der Waals surface area contributed by atoms with Gasteiger partial charge in [-0.15, -0.1) is 0 Å². The van der Waals surface area contributed by atoms with Crippen LogP contribution in [0.4, 0.5) is 0 Å². The first-order valence-corrected chi connectivity index (χ1v) is 7.37. The molecule has 0 radical (unpaired) electrons. The van der Waals surface area contributed by atoms with Crippen molar-refractivity contribution in [2.24, 2.45) is 5.92 Å². The van der Waals surface area contributed by atoms with Gasteiger partial charge in [-0.05, 0) is 25.0 Å². The van der Waals surface area contributed by atoms with Crippen LogP contribution in [-0.4, -0.2) is 24.6 Å². The van der Waals surface area contributed by atoms with Crippen molar-refractivity contribution >= 4 is 11.2 Å². The predicted octanol–water partition coefficient (Wildman–Crippen LogP) is 3.09. The Morgan fingerprint density at radius 3 is 2.82 bits per heavy atom. The van der Waals surface area contributed by atoms with Gasteiger partial charge in [0.15, 0.2) is 5.65 Å². The first kappa shape index (κ1) is 14.4. The molecule has 0 fully saturated rings. The summed E-state index contributed by atoms with van der Waals surface area (Å²) in [7, 11) is 0. The first-order valence-electron chi connectivity index (χ1n) is 7.37. The highest BCUT2D eigenvalue weighted by Gasteiger charge is 2.11. The van der Waals surface area contributed by atoms with Crippen LogP contribution in [-0.2, 0) is 6.42 Å². The minimum absolute atomic E-state index is 0.541. The van der Waals surface area contributed by atoms with Crippen molar-refractivity contribution in [3.8, 4) is 0 Å². The third kappa shape index (κ3) is 2.74. The molecule has 0 saturated heterocycles. The van der Waals surface area contributed by atoms with Crippen LogP contribution in [0.25, 0.3) is 11.2 Å². The van der Waals surface area contributed by atoms with E-state index in [9.17, 15) is 0 Å². The molecule has 0 bridgehead atoms. The monoisotopic (exact) mass is 293 g/mol. The van der Waals surface area contributed by atoms with Crippen LogP contribution in [0.15, 0.2) is 37.3 Å². The van der Waals surface area contributed by atoms with Crippen molar-refractivity contribution in [1.82, 2.24) is 24.6 Å². The van der Waals surface area contributed by atoms with Gasteiger partial charge in [0.25, 0.3) is 0 Å². The Balaban J connectivity index is 1.94. The van der Waals surface area contributed by atoms with E-state index in [0.717, 1.165) is 40.4 Å². The van der Waals surface area contributed by atoms with Gasteiger partial charge in [-0.25, -0.2) is 19.5 Å². The van der Waals surface area contributed by atoms with E-state index in [-0.39, 0.29) is 0 Å². The zero-order valence-electron chi connectivity index (χ0n) is 13.1. The third-order valence-electron chi connectivity index (χ3n) is 3.51. The van der Waals surface area contributed by atoms with Gasteiger partial charge >= 0.3 is 0 Å². The summed E-state index contributed by atoms with van der Waals surface area (Å²) in [6.07, 6.45) is 6.28. The maximum atomic E-state index is 4.59. The standard InChI is InChI=1S/C17H19N5/c1-11(2)9-16-19-10-14(13(4)20-16)12(3)15-5-6-17-18-7-8-22(17)21-15/h5-8,10-11H,3,9H2,1-2,4H3. The quantitative estimate of drug-likeness (QED) is 0.741. The Morgan fingerprint density at radius 2 is 2.09 bits per heavy atom. The summed E-state index contributed by atoms with van der Waals surface area (Å²) in [5, 5.41) is 4.52. The molecule has 0 spiro atoms. The van der Waals surface area contributed by atoms with E-state index >= 15 is 0 Å². The van der Waals surface area contributed by atoms with Crippen LogP contribution in [0.1, 0.15) is 36.6 Å². The molecule has 22 heavy (non-hydrogen) atoms. The smallest absolute Gasteiger partial charge is 0.153 e. The topological polar surface area (TPSA) is 56.0 Å². The van der Waals surface area contributed by atoms with Gasteiger partial charge in [-0.1, -0.05) is 20.4 Å². The van der Waals surface area contributed by atoms with Gasteiger partial charge in [-0.2, -0.15) is 5.10 Å². The van der Waals surface area contributed by atoms with Gasteiger partial charge < -0.3 is 0 Å². The van der Waals surface area contributed by atoms with E-state index < -0.39 is 0 Å². The van der Waals surface area contributed by atoms with Gasteiger partial charge in [0.05, 0.1) is 5.69 Å². The summed E-state index contributed by atoms with van der Waals surface area (Å²) in [6, 6.07) is 3.85. The van der Waals surface area contributed by atoms with E-state index in [1.165, 1.54) is 0 Å². The fourth-order valence-corrected chi connectivity index (χ4v) is 2.39. The first-order chi connectivity index (χ1) is 10.5. The van der Waals surface area contributed by atoms with Crippen molar-refractivity contribution < 1.29 is 0 Å². The molecule has 3 rings (SSSR count). The summed E-state index contributed by atoms with van der Waals surface area (Å²) in [5.74, 6) is 1.42. The second-order valence-electron chi connectivity index (χ2n) is 5.81. The summed E-state index contributed by atoms with van der Waals surface area (Å²) in [6.45, 7) is 10.5. The van der Waals surface area contributed by atoms with Crippen LogP contribution >= 0.6 is 0 Å². The SMILES string of the molecule is C=C(c1ccc2nccn2n1)c1cnc(CC(C)C)nc1C. The van der Waals surface area contributed by atoms with Crippen LogP contribution in [0.2, 0.25) is 0 Å². The lowest BCUT2D eigenvalue weighted by molar-refractivity contribution is 0.618. The number of aryl methyl sites for hydroxylation is 1. The second-order valence-corrected chi connectivity index (χ2v) is 5.81. The molecule has 0 N–H and O–H groups in total. The molecular weight excluding hydrogens is 274 g/mol. The molecule has 0 amide bonds. The Hall–Kier alpha value is -2.56. The minimum Gasteiger partial charge on any atom is -0.241 e. The molecule has 0 aliphatic heterocycles. The number of imidazole rings is 1. The fraction of sp³-hybridized carbons (Fsp3) is 0.294. The molecule has 3 heterocycles. The lowest BCUT2D eigenvalue weighted by Gasteiger charge is -2.10. The largest absolute Gasteiger partial charge is 0.241 e. The number of fused-ring (bicyclic) bond motifs is 1. The average Bonchev–Trinajstić information content (AvgIpc) is 2.93. The van der Waals surface area contributed by atoms with E-state index in [4.69, 9.17) is 0 Å². The Kier molecular flexibility index (Phi) is 3.71. The highest BCUT2D eigenvalue weighted by molar-refractivity contribution is 5.76. The molecule has 0 aliphatic rings. The number of hydrogen-bond donors (Lipinski definition) is 0. The van der Waals surface area contributed by atoms with E-state index in [0.29, 0.717) is 5.92 Å². The van der Waals surface area contributed by atoms with Crippen LogP contribution in [0.3, 0.4) is 0 Å². The van der Waals surface area contributed by atoms with Crippen molar-refractivity contribution in [3.05, 3.63) is 60.1 Å². The molecule has 112 valence electrons.